The van der Waals surface area contributed by atoms with Crippen LogP contribution < -0.4 is 5.56 Å². The van der Waals surface area contributed by atoms with Gasteiger partial charge in [-0.2, -0.15) is 0 Å². The maximum Gasteiger partial charge on any atom is 0.271 e. The lowest BCUT2D eigenvalue weighted by Gasteiger charge is -2.01. The number of halogens is 2. The van der Waals surface area contributed by atoms with Gasteiger partial charge in [-0.15, -0.1) is 0 Å². The molecule has 0 aliphatic rings. The topological polar surface area (TPSA) is 53.1 Å². The van der Waals surface area contributed by atoms with E-state index in [0.717, 1.165) is 6.07 Å². The minimum Gasteiger partial charge on any atom is -0.505 e. The van der Waals surface area contributed by atoms with Gasteiger partial charge < -0.3 is 10.1 Å². The Bertz CT molecular complexity index is 564. The van der Waals surface area contributed by atoms with Crippen molar-refractivity contribution in [3.8, 4) is 5.75 Å². The van der Waals surface area contributed by atoms with Crippen LogP contribution >= 0.6 is 11.6 Å². The first-order valence-corrected chi connectivity index (χ1v) is 4.17. The van der Waals surface area contributed by atoms with E-state index in [1.54, 1.807) is 0 Å². The summed E-state index contributed by atoms with van der Waals surface area (Å²) >= 11 is 5.49. The van der Waals surface area contributed by atoms with Crippen molar-refractivity contribution in [3.63, 3.8) is 0 Å². The molecule has 0 unspecified atom stereocenters. The number of fused-ring (bicyclic) bond motifs is 1. The van der Waals surface area contributed by atoms with E-state index in [-0.39, 0.29) is 10.4 Å². The molecule has 0 saturated carbocycles. The Labute approximate surface area is 82.8 Å². The summed E-state index contributed by atoms with van der Waals surface area (Å²) in [6.45, 7) is 0. The van der Waals surface area contributed by atoms with Crippen LogP contribution in [0.1, 0.15) is 0 Å². The number of nitrogens with one attached hydrogen (secondary N) is 1. The first-order chi connectivity index (χ1) is 6.59. The highest BCUT2D eigenvalue weighted by Gasteiger charge is 2.09. The van der Waals surface area contributed by atoms with Gasteiger partial charge in [0.15, 0.2) is 0 Å². The molecule has 1 aromatic heterocycles. The Kier molecular flexibility index (Phi) is 1.93. The van der Waals surface area contributed by atoms with Gasteiger partial charge in [0.2, 0.25) is 0 Å². The maximum absolute atomic E-state index is 12.8. The summed E-state index contributed by atoms with van der Waals surface area (Å²) in [4.78, 5) is 13.5. The molecule has 3 nitrogen and oxygen atoms in total. The Hall–Kier alpha value is -1.55. The van der Waals surface area contributed by atoms with E-state index < -0.39 is 17.1 Å². The average molecular weight is 214 g/mol. The predicted octanol–water partition coefficient (Wildman–Crippen LogP) is 2.03. The third kappa shape index (κ3) is 1.24. The zero-order valence-corrected chi connectivity index (χ0v) is 7.60. The summed E-state index contributed by atoms with van der Waals surface area (Å²) in [5.74, 6) is -0.902. The van der Waals surface area contributed by atoms with Gasteiger partial charge >= 0.3 is 0 Å². The number of pyridine rings is 1. The van der Waals surface area contributed by atoms with Gasteiger partial charge in [0, 0.05) is 5.39 Å². The lowest BCUT2D eigenvalue weighted by atomic mass is 10.2. The van der Waals surface area contributed by atoms with E-state index in [1.807, 2.05) is 0 Å². The fourth-order valence-electron chi connectivity index (χ4n) is 1.22. The van der Waals surface area contributed by atoms with Crippen molar-refractivity contribution in [1.82, 2.24) is 4.98 Å². The minimum absolute atomic E-state index is 0.189. The van der Waals surface area contributed by atoms with E-state index >= 15 is 0 Å². The fourth-order valence-corrected chi connectivity index (χ4v) is 1.37. The van der Waals surface area contributed by atoms with E-state index in [4.69, 9.17) is 11.6 Å². The summed E-state index contributed by atoms with van der Waals surface area (Å²) in [5.41, 5.74) is -0.249. The highest BCUT2D eigenvalue weighted by Crippen LogP contribution is 2.28. The van der Waals surface area contributed by atoms with Gasteiger partial charge in [0.25, 0.3) is 5.56 Å². The molecule has 5 heteroatoms. The van der Waals surface area contributed by atoms with Crippen molar-refractivity contribution < 1.29 is 9.50 Å². The second-order valence-electron chi connectivity index (χ2n) is 2.81. The molecule has 2 aromatic rings. The van der Waals surface area contributed by atoms with Gasteiger partial charge in [-0.3, -0.25) is 4.79 Å². The number of H-pyrrole nitrogens is 1. The zero-order valence-electron chi connectivity index (χ0n) is 6.84. The molecule has 1 heterocycles. The minimum atomic E-state index is -0.594. The number of hydrogen-bond acceptors (Lipinski definition) is 2. The van der Waals surface area contributed by atoms with Gasteiger partial charge in [0.1, 0.15) is 16.6 Å². The van der Waals surface area contributed by atoms with Crippen molar-refractivity contribution in [3.05, 3.63) is 39.4 Å². The quantitative estimate of drug-likeness (QED) is 0.704. The van der Waals surface area contributed by atoms with Gasteiger partial charge in [0.05, 0.1) is 5.52 Å². The highest BCUT2D eigenvalue weighted by molar-refractivity contribution is 6.32. The number of aromatic hydroxyl groups is 1. The Morgan fingerprint density at radius 3 is 2.86 bits per heavy atom. The molecule has 0 fully saturated rings. The predicted molar refractivity (Wildman–Crippen MR) is 51.2 cm³/mol. The van der Waals surface area contributed by atoms with Crippen molar-refractivity contribution >= 4 is 22.5 Å². The molecule has 0 bridgehead atoms. The van der Waals surface area contributed by atoms with E-state index in [9.17, 15) is 14.3 Å². The zero-order chi connectivity index (χ0) is 10.3. The van der Waals surface area contributed by atoms with Crippen molar-refractivity contribution in [2.75, 3.05) is 0 Å². The molecule has 0 saturated heterocycles. The Morgan fingerprint density at radius 2 is 2.14 bits per heavy atom. The summed E-state index contributed by atoms with van der Waals surface area (Å²) in [7, 11) is 0. The molecule has 0 spiro atoms. The van der Waals surface area contributed by atoms with Crippen LogP contribution in [-0.4, -0.2) is 10.1 Å². The van der Waals surface area contributed by atoms with Crippen molar-refractivity contribution in [1.29, 1.82) is 0 Å². The van der Waals surface area contributed by atoms with Crippen LogP contribution in [0.15, 0.2) is 23.0 Å². The summed E-state index contributed by atoms with van der Waals surface area (Å²) < 4.78 is 12.8. The lowest BCUT2D eigenvalue weighted by Crippen LogP contribution is -2.06. The molecule has 0 radical (unpaired) electrons. The Balaban J connectivity index is 2.99. The van der Waals surface area contributed by atoms with Crippen LogP contribution in [0, 0.1) is 5.82 Å². The van der Waals surface area contributed by atoms with Gasteiger partial charge in [-0.25, -0.2) is 4.39 Å². The Morgan fingerprint density at radius 1 is 1.43 bits per heavy atom. The molecule has 2 rings (SSSR count). The molecule has 0 aliphatic carbocycles. The molecule has 0 aliphatic heterocycles. The second kappa shape index (κ2) is 2.99. The molecular weight excluding hydrogens is 209 g/mol. The normalized spacial score (nSPS) is 10.7. The number of aromatic nitrogens is 1. The van der Waals surface area contributed by atoms with Gasteiger partial charge in [-0.05, 0) is 18.2 Å². The van der Waals surface area contributed by atoms with E-state index in [0.29, 0.717) is 5.52 Å². The van der Waals surface area contributed by atoms with E-state index in [2.05, 4.69) is 4.98 Å². The summed E-state index contributed by atoms with van der Waals surface area (Å²) in [6, 6.07) is 3.65. The van der Waals surface area contributed by atoms with Crippen molar-refractivity contribution in [2.45, 2.75) is 0 Å². The second-order valence-corrected chi connectivity index (χ2v) is 3.18. The maximum atomic E-state index is 12.8. The lowest BCUT2D eigenvalue weighted by molar-refractivity contribution is 0.480. The highest BCUT2D eigenvalue weighted by atomic mass is 35.5. The first kappa shape index (κ1) is 9.02. The average Bonchev–Trinajstić information content (AvgIpc) is 2.16. The summed E-state index contributed by atoms with van der Waals surface area (Å²) in [5, 5.41) is 9.30. The number of rotatable bonds is 0. The fraction of sp³-hybridized carbons (Fsp3) is 0. The van der Waals surface area contributed by atoms with Crippen LogP contribution in [0.25, 0.3) is 10.9 Å². The van der Waals surface area contributed by atoms with Crippen molar-refractivity contribution in [2.24, 2.45) is 0 Å². The van der Waals surface area contributed by atoms with Crippen LogP contribution in [-0.2, 0) is 0 Å². The SMILES string of the molecule is O=c1[nH]c2ccc(F)cc2c(O)c1Cl. The summed E-state index contributed by atoms with van der Waals surface area (Å²) in [6.07, 6.45) is 0. The number of benzene rings is 1. The smallest absolute Gasteiger partial charge is 0.271 e. The largest absolute Gasteiger partial charge is 0.505 e. The molecule has 0 amide bonds. The third-order valence-electron chi connectivity index (χ3n) is 1.89. The standard InChI is InChI=1S/C9H5ClFNO2/c10-7-8(13)5-3-4(11)1-2-6(5)12-9(7)14/h1-3H,(H2,12,13,14). The molecule has 2 N–H and O–H groups in total. The van der Waals surface area contributed by atoms with Crippen LogP contribution in [0.4, 0.5) is 4.39 Å². The van der Waals surface area contributed by atoms with Crippen LogP contribution in [0.2, 0.25) is 5.02 Å². The molecule has 0 atom stereocenters. The van der Waals surface area contributed by atoms with Gasteiger partial charge in [-0.1, -0.05) is 11.6 Å². The first-order valence-electron chi connectivity index (χ1n) is 3.79. The number of aromatic amines is 1. The third-order valence-corrected chi connectivity index (χ3v) is 2.24. The number of hydrogen-bond donors (Lipinski definition) is 2. The van der Waals surface area contributed by atoms with E-state index in [1.165, 1.54) is 12.1 Å². The monoisotopic (exact) mass is 213 g/mol. The molecule has 14 heavy (non-hydrogen) atoms. The molecule has 72 valence electrons. The molecular formula is C9H5ClFNO2. The van der Waals surface area contributed by atoms with Crippen LogP contribution in [0.3, 0.4) is 0 Å². The molecule has 1 aromatic carbocycles. The van der Waals surface area contributed by atoms with Crippen LogP contribution in [0.5, 0.6) is 5.75 Å².